The lowest BCUT2D eigenvalue weighted by Crippen LogP contribution is -2.07. The first kappa shape index (κ1) is 19.4. The fourth-order valence-electron chi connectivity index (χ4n) is 3.25. The number of benzene rings is 2. The van der Waals surface area contributed by atoms with Crippen LogP contribution in [0.1, 0.15) is 22.3 Å². The van der Waals surface area contributed by atoms with Crippen LogP contribution >= 0.6 is 11.6 Å². The number of rotatable bonds is 2. The average Bonchev–Trinajstić information content (AvgIpc) is 2.69. The summed E-state index contributed by atoms with van der Waals surface area (Å²) in [4.78, 5) is 15.6. The number of nitrogens with zero attached hydrogens (tertiary/aromatic N) is 1. The van der Waals surface area contributed by atoms with Gasteiger partial charge in [-0.2, -0.15) is 0 Å². The van der Waals surface area contributed by atoms with Gasteiger partial charge >= 0.3 is 5.97 Å². The summed E-state index contributed by atoms with van der Waals surface area (Å²) in [5.74, 6) is -1.22. The highest BCUT2D eigenvalue weighted by Crippen LogP contribution is 2.29. The lowest BCUT2D eigenvalue weighted by Gasteiger charge is -2.13. The van der Waals surface area contributed by atoms with Crippen molar-refractivity contribution in [1.82, 2.24) is 4.98 Å². The van der Waals surface area contributed by atoms with Crippen molar-refractivity contribution in [2.75, 3.05) is 0 Å². The molecule has 148 valence electrons. The molecule has 0 amide bonds. The van der Waals surface area contributed by atoms with Gasteiger partial charge in [-0.05, 0) is 52.6 Å². The minimum absolute atomic E-state index is 0.127. The molecule has 0 radical (unpaired) electrons. The van der Waals surface area contributed by atoms with E-state index in [1.165, 1.54) is 6.07 Å². The highest BCUT2D eigenvalue weighted by molar-refractivity contribution is 6.30. The molecule has 0 fully saturated rings. The highest BCUT2D eigenvalue weighted by Gasteiger charge is 2.17. The third-order valence-electron chi connectivity index (χ3n) is 4.69. The van der Waals surface area contributed by atoms with Crippen molar-refractivity contribution in [1.29, 1.82) is 0 Å². The summed E-state index contributed by atoms with van der Waals surface area (Å²) >= 11 is 6.12. The molecule has 0 aliphatic carbocycles. The number of aromatic nitrogens is 1. The Hall–Kier alpha value is -2.96. The second-order valence-electron chi connectivity index (χ2n) is 6.73. The van der Waals surface area contributed by atoms with Gasteiger partial charge in [-0.15, -0.1) is 0 Å². The summed E-state index contributed by atoms with van der Waals surface area (Å²) in [5.41, 5.74) is 3.38. The number of ether oxygens (including phenoxy) is 2. The van der Waals surface area contributed by atoms with Gasteiger partial charge in [0.15, 0.2) is 0 Å². The predicted molar refractivity (Wildman–Crippen MR) is 105 cm³/mol. The molecule has 0 unspecified atom stereocenters. The molecule has 3 aromatic rings. The molecule has 0 saturated heterocycles. The Bertz CT molecular complexity index is 1090. The summed E-state index contributed by atoms with van der Waals surface area (Å²) in [6.45, 7) is 0.641. The van der Waals surface area contributed by atoms with E-state index in [-0.39, 0.29) is 31.8 Å². The van der Waals surface area contributed by atoms with E-state index >= 15 is 0 Å². The first-order valence-electron chi connectivity index (χ1n) is 8.98. The molecule has 1 aliphatic heterocycles. The molecular weight excluding hydrogens is 397 g/mol. The SMILES string of the molecule is O=C(O)Cc1cc(F)c2cc1COCc1cc(Cl)ccc1COc1cccc-2n1. The molecule has 0 spiro atoms. The van der Waals surface area contributed by atoms with Gasteiger partial charge in [0.25, 0.3) is 0 Å². The van der Waals surface area contributed by atoms with Crippen LogP contribution in [0, 0.1) is 5.82 Å². The maximum absolute atomic E-state index is 14.7. The Morgan fingerprint density at radius 2 is 1.90 bits per heavy atom. The van der Waals surface area contributed by atoms with Crippen LogP contribution in [-0.4, -0.2) is 16.1 Å². The summed E-state index contributed by atoms with van der Waals surface area (Å²) in [6.07, 6.45) is -0.297. The summed E-state index contributed by atoms with van der Waals surface area (Å²) in [7, 11) is 0. The third kappa shape index (κ3) is 4.39. The normalized spacial score (nSPS) is 13.3. The van der Waals surface area contributed by atoms with E-state index in [0.29, 0.717) is 27.7 Å². The van der Waals surface area contributed by atoms with Crippen LogP contribution in [0.25, 0.3) is 11.3 Å². The smallest absolute Gasteiger partial charge is 0.307 e. The molecule has 1 N–H and O–H groups in total. The molecule has 0 atom stereocenters. The Morgan fingerprint density at radius 1 is 1.07 bits per heavy atom. The maximum atomic E-state index is 14.7. The predicted octanol–water partition coefficient (Wildman–Crippen LogP) is 4.78. The second kappa shape index (κ2) is 8.19. The first-order chi connectivity index (χ1) is 14.0. The van der Waals surface area contributed by atoms with Crippen LogP contribution in [0.2, 0.25) is 5.02 Å². The van der Waals surface area contributed by atoms with Gasteiger partial charge in [-0.3, -0.25) is 4.79 Å². The zero-order valence-corrected chi connectivity index (χ0v) is 16.1. The molecule has 4 bridgehead atoms. The fraction of sp³-hybridized carbons (Fsp3) is 0.182. The summed E-state index contributed by atoms with van der Waals surface area (Å²) in [6, 6.07) is 13.4. The second-order valence-corrected chi connectivity index (χ2v) is 7.16. The van der Waals surface area contributed by atoms with E-state index in [9.17, 15) is 14.3 Å². The van der Waals surface area contributed by atoms with Crippen molar-refractivity contribution in [3.63, 3.8) is 0 Å². The molecule has 5 nitrogen and oxygen atoms in total. The van der Waals surface area contributed by atoms with Crippen LogP contribution in [-0.2, 0) is 35.8 Å². The Labute approximate surface area is 171 Å². The van der Waals surface area contributed by atoms with E-state index in [0.717, 1.165) is 11.1 Å². The zero-order valence-electron chi connectivity index (χ0n) is 15.3. The molecule has 1 aromatic heterocycles. The fourth-order valence-corrected chi connectivity index (χ4v) is 3.45. The van der Waals surface area contributed by atoms with Crippen LogP contribution in [0.3, 0.4) is 0 Å². The van der Waals surface area contributed by atoms with Gasteiger partial charge in [0, 0.05) is 16.7 Å². The van der Waals surface area contributed by atoms with Gasteiger partial charge in [-0.25, -0.2) is 9.37 Å². The zero-order chi connectivity index (χ0) is 20.4. The van der Waals surface area contributed by atoms with E-state index in [1.54, 1.807) is 36.4 Å². The number of pyridine rings is 1. The van der Waals surface area contributed by atoms with E-state index in [2.05, 4.69) is 4.98 Å². The van der Waals surface area contributed by atoms with Crippen molar-refractivity contribution in [3.05, 3.63) is 81.6 Å². The van der Waals surface area contributed by atoms with E-state index in [4.69, 9.17) is 21.1 Å². The van der Waals surface area contributed by atoms with Gasteiger partial charge in [0.2, 0.25) is 5.88 Å². The Balaban J connectivity index is 1.81. The minimum Gasteiger partial charge on any atom is -0.481 e. The quantitative estimate of drug-likeness (QED) is 0.655. The van der Waals surface area contributed by atoms with Crippen molar-refractivity contribution < 1.29 is 23.8 Å². The van der Waals surface area contributed by atoms with Crippen molar-refractivity contribution in [3.8, 4) is 17.1 Å². The Kier molecular flexibility index (Phi) is 5.47. The van der Waals surface area contributed by atoms with Gasteiger partial charge in [0.1, 0.15) is 12.4 Å². The summed E-state index contributed by atoms with van der Waals surface area (Å²) < 4.78 is 26.4. The van der Waals surface area contributed by atoms with Gasteiger partial charge in [0.05, 0.1) is 25.3 Å². The number of hydrogen-bond acceptors (Lipinski definition) is 4. The molecule has 29 heavy (non-hydrogen) atoms. The molecule has 1 aliphatic rings. The van der Waals surface area contributed by atoms with Crippen molar-refractivity contribution >= 4 is 17.6 Å². The maximum Gasteiger partial charge on any atom is 0.307 e. The molecule has 2 heterocycles. The lowest BCUT2D eigenvalue weighted by molar-refractivity contribution is -0.136. The van der Waals surface area contributed by atoms with Crippen LogP contribution < -0.4 is 4.74 Å². The molecule has 7 heteroatoms. The number of hydrogen-bond donors (Lipinski definition) is 1. The van der Waals surface area contributed by atoms with Gasteiger partial charge < -0.3 is 14.6 Å². The number of aliphatic carboxylic acids is 1. The van der Waals surface area contributed by atoms with Crippen molar-refractivity contribution in [2.24, 2.45) is 0 Å². The third-order valence-corrected chi connectivity index (χ3v) is 4.92. The minimum atomic E-state index is -1.04. The molecule has 2 aromatic carbocycles. The van der Waals surface area contributed by atoms with E-state index < -0.39 is 11.8 Å². The van der Waals surface area contributed by atoms with Crippen LogP contribution in [0.4, 0.5) is 4.39 Å². The molecular formula is C22H17ClFNO4. The largest absolute Gasteiger partial charge is 0.481 e. The number of carbonyl (C=O) groups is 1. The summed E-state index contributed by atoms with van der Waals surface area (Å²) in [5, 5.41) is 9.75. The lowest BCUT2D eigenvalue weighted by atomic mass is 9.99. The standard InChI is InChI=1S/C22H17ClFNO4/c23-17-5-4-13-12-29-21-3-1-2-20(25-21)18-7-16(11-28-10-15(13)6-17)14(8-19(18)24)9-22(26)27/h1-8H,9-12H2,(H,26,27). The number of carboxylic acids is 1. The van der Waals surface area contributed by atoms with E-state index in [1.807, 2.05) is 6.07 Å². The average molecular weight is 414 g/mol. The Morgan fingerprint density at radius 3 is 2.72 bits per heavy atom. The number of halogens is 2. The van der Waals surface area contributed by atoms with Crippen LogP contribution in [0.5, 0.6) is 5.88 Å². The van der Waals surface area contributed by atoms with Crippen LogP contribution in [0.15, 0.2) is 48.5 Å². The topological polar surface area (TPSA) is 68.7 Å². The first-order valence-corrected chi connectivity index (χ1v) is 9.36. The monoisotopic (exact) mass is 413 g/mol. The number of fused-ring (bicyclic) bond motifs is 6. The molecule has 4 rings (SSSR count). The number of carboxylic acid groups (broad SMARTS) is 1. The van der Waals surface area contributed by atoms with Crippen molar-refractivity contribution in [2.45, 2.75) is 26.2 Å². The highest BCUT2D eigenvalue weighted by atomic mass is 35.5. The molecule has 0 saturated carbocycles. The van der Waals surface area contributed by atoms with Gasteiger partial charge in [-0.1, -0.05) is 23.7 Å².